The molecule has 1 aromatic carbocycles. The Hall–Kier alpha value is -1.55. The van der Waals surface area contributed by atoms with Crippen molar-refractivity contribution in [3.05, 3.63) is 47.3 Å². The van der Waals surface area contributed by atoms with Crippen molar-refractivity contribution in [1.29, 1.82) is 0 Å². The number of halogens is 2. The minimum absolute atomic E-state index is 0.0986. The Balaban J connectivity index is 1.90. The van der Waals surface area contributed by atoms with Crippen LogP contribution in [0.25, 0.3) is 0 Å². The van der Waals surface area contributed by atoms with E-state index in [1.807, 2.05) is 17.8 Å². The van der Waals surface area contributed by atoms with Crippen molar-refractivity contribution >= 4 is 11.6 Å². The van der Waals surface area contributed by atoms with E-state index in [2.05, 4.69) is 4.98 Å². The Labute approximate surface area is 104 Å². The molecule has 0 unspecified atom stereocenters. The van der Waals surface area contributed by atoms with E-state index in [-0.39, 0.29) is 5.02 Å². The third-order valence-corrected chi connectivity index (χ3v) is 2.71. The number of imidazole rings is 1. The van der Waals surface area contributed by atoms with Crippen LogP contribution in [0.2, 0.25) is 5.02 Å². The Morgan fingerprint density at radius 2 is 2.29 bits per heavy atom. The fourth-order valence-electron chi connectivity index (χ4n) is 1.46. The van der Waals surface area contributed by atoms with Gasteiger partial charge < -0.3 is 9.30 Å². The minimum Gasteiger partial charge on any atom is -0.493 e. The number of benzene rings is 1. The SMILES string of the molecule is Cn1ccnc1CCOc1ccc(Cl)c(F)c1. The Morgan fingerprint density at radius 1 is 1.47 bits per heavy atom. The van der Waals surface area contributed by atoms with E-state index < -0.39 is 5.82 Å². The molecular weight excluding hydrogens is 243 g/mol. The zero-order chi connectivity index (χ0) is 12.3. The molecule has 2 aromatic rings. The molecule has 0 aliphatic rings. The van der Waals surface area contributed by atoms with Crippen molar-refractivity contribution in [1.82, 2.24) is 9.55 Å². The lowest BCUT2D eigenvalue weighted by Crippen LogP contribution is -2.06. The van der Waals surface area contributed by atoms with Crippen LogP contribution in [0.4, 0.5) is 4.39 Å². The number of ether oxygens (including phenoxy) is 1. The molecule has 3 nitrogen and oxygen atoms in total. The van der Waals surface area contributed by atoms with Gasteiger partial charge in [-0.25, -0.2) is 9.37 Å². The van der Waals surface area contributed by atoms with E-state index in [1.165, 1.54) is 12.1 Å². The van der Waals surface area contributed by atoms with Crippen molar-refractivity contribution in [3.63, 3.8) is 0 Å². The summed E-state index contributed by atoms with van der Waals surface area (Å²) in [4.78, 5) is 4.17. The Morgan fingerprint density at radius 3 is 2.94 bits per heavy atom. The van der Waals surface area contributed by atoms with Gasteiger partial charge in [-0.2, -0.15) is 0 Å². The maximum atomic E-state index is 13.1. The van der Waals surface area contributed by atoms with Crippen molar-refractivity contribution in [3.8, 4) is 5.75 Å². The quantitative estimate of drug-likeness (QED) is 0.839. The zero-order valence-corrected chi connectivity index (χ0v) is 10.1. The van der Waals surface area contributed by atoms with Crippen molar-refractivity contribution in [2.45, 2.75) is 6.42 Å². The zero-order valence-electron chi connectivity index (χ0n) is 9.36. The molecule has 1 aromatic heterocycles. The highest BCUT2D eigenvalue weighted by molar-refractivity contribution is 6.30. The number of hydrogen-bond acceptors (Lipinski definition) is 2. The first-order valence-corrected chi connectivity index (χ1v) is 5.58. The first kappa shape index (κ1) is 11.9. The van der Waals surface area contributed by atoms with Gasteiger partial charge in [0.05, 0.1) is 11.6 Å². The second-order valence-electron chi connectivity index (χ2n) is 3.63. The van der Waals surface area contributed by atoms with Crippen molar-refractivity contribution < 1.29 is 9.13 Å². The highest BCUT2D eigenvalue weighted by atomic mass is 35.5. The fourth-order valence-corrected chi connectivity index (χ4v) is 1.58. The van der Waals surface area contributed by atoms with Crippen LogP contribution in [0, 0.1) is 5.82 Å². The van der Waals surface area contributed by atoms with Gasteiger partial charge in [-0.3, -0.25) is 0 Å². The largest absolute Gasteiger partial charge is 0.493 e. The molecule has 5 heteroatoms. The third-order valence-electron chi connectivity index (χ3n) is 2.41. The van der Waals surface area contributed by atoms with E-state index in [0.29, 0.717) is 18.8 Å². The highest BCUT2D eigenvalue weighted by Crippen LogP contribution is 2.20. The van der Waals surface area contributed by atoms with Crippen LogP contribution in [-0.2, 0) is 13.5 Å². The first-order valence-electron chi connectivity index (χ1n) is 5.21. The third kappa shape index (κ3) is 2.97. The molecule has 2 rings (SSSR count). The van der Waals surface area contributed by atoms with Crippen molar-refractivity contribution in [2.24, 2.45) is 7.05 Å². The van der Waals surface area contributed by atoms with Gasteiger partial charge in [0.1, 0.15) is 17.4 Å². The molecule has 0 radical (unpaired) electrons. The van der Waals surface area contributed by atoms with Gasteiger partial charge in [0.2, 0.25) is 0 Å². The summed E-state index contributed by atoms with van der Waals surface area (Å²) in [5.41, 5.74) is 0. The summed E-state index contributed by atoms with van der Waals surface area (Å²) in [7, 11) is 1.92. The average molecular weight is 255 g/mol. The van der Waals surface area contributed by atoms with Gasteiger partial charge in [-0.05, 0) is 12.1 Å². The molecule has 0 spiro atoms. The summed E-state index contributed by atoms with van der Waals surface area (Å²) in [6, 6.07) is 4.40. The lowest BCUT2D eigenvalue weighted by molar-refractivity contribution is 0.316. The van der Waals surface area contributed by atoms with Crippen LogP contribution < -0.4 is 4.74 Å². The molecule has 0 N–H and O–H groups in total. The van der Waals surface area contributed by atoms with E-state index >= 15 is 0 Å². The Kier molecular flexibility index (Phi) is 3.64. The number of aromatic nitrogens is 2. The van der Waals surface area contributed by atoms with Crippen LogP contribution in [0.3, 0.4) is 0 Å². The monoisotopic (exact) mass is 254 g/mol. The number of aryl methyl sites for hydroxylation is 1. The minimum atomic E-state index is -0.471. The summed E-state index contributed by atoms with van der Waals surface area (Å²) < 4.78 is 20.5. The molecule has 0 saturated carbocycles. The van der Waals surface area contributed by atoms with E-state index in [1.54, 1.807) is 12.3 Å². The fraction of sp³-hybridized carbons (Fsp3) is 0.250. The maximum Gasteiger partial charge on any atom is 0.145 e. The van der Waals surface area contributed by atoms with Gasteiger partial charge in [-0.15, -0.1) is 0 Å². The topological polar surface area (TPSA) is 27.1 Å². The van der Waals surface area contributed by atoms with Crippen LogP contribution >= 0.6 is 11.6 Å². The second kappa shape index (κ2) is 5.19. The molecule has 0 atom stereocenters. The molecule has 0 amide bonds. The summed E-state index contributed by atoms with van der Waals surface area (Å²) in [6.07, 6.45) is 4.28. The molecular formula is C12H12ClFN2O. The number of rotatable bonds is 4. The highest BCUT2D eigenvalue weighted by Gasteiger charge is 2.03. The van der Waals surface area contributed by atoms with E-state index in [4.69, 9.17) is 16.3 Å². The average Bonchev–Trinajstić information content (AvgIpc) is 2.70. The van der Waals surface area contributed by atoms with Gasteiger partial charge in [0.15, 0.2) is 0 Å². The van der Waals surface area contributed by atoms with E-state index in [9.17, 15) is 4.39 Å². The van der Waals surface area contributed by atoms with Gasteiger partial charge >= 0.3 is 0 Å². The molecule has 0 saturated heterocycles. The predicted octanol–water partition coefficient (Wildman–Crippen LogP) is 2.83. The summed E-state index contributed by atoms with van der Waals surface area (Å²) in [5, 5.41) is 0.0986. The summed E-state index contributed by atoms with van der Waals surface area (Å²) in [6.45, 7) is 0.450. The lowest BCUT2D eigenvalue weighted by atomic mass is 10.3. The Bertz CT molecular complexity index is 513. The van der Waals surface area contributed by atoms with Crippen LogP contribution in [-0.4, -0.2) is 16.2 Å². The molecule has 0 bridgehead atoms. The van der Waals surface area contributed by atoms with Crippen LogP contribution in [0.5, 0.6) is 5.75 Å². The lowest BCUT2D eigenvalue weighted by Gasteiger charge is -2.06. The summed E-state index contributed by atoms with van der Waals surface area (Å²) in [5.74, 6) is 0.932. The number of hydrogen-bond donors (Lipinski definition) is 0. The molecule has 90 valence electrons. The standard InChI is InChI=1S/C12H12ClFN2O/c1-16-6-5-15-12(16)4-7-17-9-2-3-10(13)11(14)8-9/h2-3,5-6,8H,4,7H2,1H3. The van der Waals surface area contributed by atoms with Gasteiger partial charge in [-0.1, -0.05) is 11.6 Å². The predicted molar refractivity (Wildman–Crippen MR) is 63.8 cm³/mol. The number of nitrogens with zero attached hydrogens (tertiary/aromatic N) is 2. The molecule has 0 fully saturated rings. The first-order chi connectivity index (χ1) is 8.16. The van der Waals surface area contributed by atoms with Crippen molar-refractivity contribution in [2.75, 3.05) is 6.61 Å². The van der Waals surface area contributed by atoms with Gasteiger partial charge in [0.25, 0.3) is 0 Å². The normalized spacial score (nSPS) is 10.5. The maximum absolute atomic E-state index is 13.1. The molecule has 1 heterocycles. The van der Waals surface area contributed by atoms with Crippen LogP contribution in [0.15, 0.2) is 30.6 Å². The molecule has 0 aliphatic heterocycles. The molecule has 17 heavy (non-hydrogen) atoms. The van der Waals surface area contributed by atoms with E-state index in [0.717, 1.165) is 5.82 Å². The summed E-state index contributed by atoms with van der Waals surface area (Å²) >= 11 is 5.57. The smallest absolute Gasteiger partial charge is 0.145 e. The van der Waals surface area contributed by atoms with Crippen LogP contribution in [0.1, 0.15) is 5.82 Å². The van der Waals surface area contributed by atoms with Gasteiger partial charge in [0, 0.05) is 31.9 Å². The second-order valence-corrected chi connectivity index (χ2v) is 4.04. The molecule has 0 aliphatic carbocycles.